The predicted octanol–water partition coefficient (Wildman–Crippen LogP) is 4.74. The van der Waals surface area contributed by atoms with Gasteiger partial charge in [0.05, 0.1) is 0 Å². The second-order valence-corrected chi connectivity index (χ2v) is 5.79. The number of alkyl halides is 2. The second kappa shape index (κ2) is 6.41. The molecule has 1 aromatic heterocycles. The Kier molecular flexibility index (Phi) is 4.86. The van der Waals surface area contributed by atoms with Gasteiger partial charge in [0.25, 0.3) is 6.43 Å². The fourth-order valence-electron chi connectivity index (χ4n) is 1.56. The Morgan fingerprint density at radius 2 is 1.89 bits per heavy atom. The summed E-state index contributed by atoms with van der Waals surface area (Å²) in [5.41, 5.74) is 1.08. The van der Waals surface area contributed by atoms with Crippen LogP contribution in [0.1, 0.15) is 22.4 Å². The summed E-state index contributed by atoms with van der Waals surface area (Å²) in [5, 5.41) is 5.32. The molecule has 0 radical (unpaired) electrons. The lowest BCUT2D eigenvalue weighted by Crippen LogP contribution is -2.11. The number of rotatable bonds is 5. The van der Waals surface area contributed by atoms with E-state index in [2.05, 4.69) is 27.3 Å². The van der Waals surface area contributed by atoms with E-state index in [9.17, 15) is 8.78 Å². The first-order chi connectivity index (χ1) is 8.65. The highest BCUT2D eigenvalue weighted by atomic mass is 79.9. The minimum atomic E-state index is -2.39. The van der Waals surface area contributed by atoms with Gasteiger partial charge in [-0.2, -0.15) is 0 Å². The summed E-state index contributed by atoms with van der Waals surface area (Å²) >= 11 is 5.08. The molecule has 0 saturated heterocycles. The first kappa shape index (κ1) is 13.6. The Bertz CT molecular complexity index is 496. The highest BCUT2D eigenvalue weighted by molar-refractivity contribution is 9.10. The van der Waals surface area contributed by atoms with Crippen molar-refractivity contribution in [3.8, 4) is 0 Å². The van der Waals surface area contributed by atoms with Crippen molar-refractivity contribution in [2.24, 2.45) is 0 Å². The highest BCUT2D eigenvalue weighted by Crippen LogP contribution is 2.20. The summed E-state index contributed by atoms with van der Waals surface area (Å²) in [4.78, 5) is 1.24. The van der Waals surface area contributed by atoms with Crippen molar-refractivity contribution in [1.29, 1.82) is 0 Å². The molecule has 0 atom stereocenters. The number of nitrogens with one attached hydrogen (secondary N) is 1. The van der Waals surface area contributed by atoms with E-state index in [1.807, 2.05) is 5.38 Å². The third-order valence-electron chi connectivity index (χ3n) is 2.48. The zero-order valence-electron chi connectivity index (χ0n) is 9.50. The lowest BCUT2D eigenvalue weighted by Gasteiger charge is -2.05. The first-order valence-electron chi connectivity index (χ1n) is 5.46. The molecular formula is C13H12BrF2NS. The molecule has 0 bridgehead atoms. The van der Waals surface area contributed by atoms with Gasteiger partial charge in [-0.15, -0.1) is 11.3 Å². The second-order valence-electron chi connectivity index (χ2n) is 3.88. The van der Waals surface area contributed by atoms with Crippen LogP contribution in [-0.4, -0.2) is 0 Å². The number of benzene rings is 1. The molecule has 0 aliphatic heterocycles. The highest BCUT2D eigenvalue weighted by Gasteiger charge is 2.05. The summed E-state index contributed by atoms with van der Waals surface area (Å²) < 4.78 is 25.8. The van der Waals surface area contributed by atoms with Gasteiger partial charge in [-0.1, -0.05) is 24.3 Å². The van der Waals surface area contributed by atoms with Crippen LogP contribution in [0, 0.1) is 0 Å². The number of thiophene rings is 1. The van der Waals surface area contributed by atoms with Crippen molar-refractivity contribution in [2.45, 2.75) is 19.5 Å². The largest absolute Gasteiger partial charge is 0.308 e. The third kappa shape index (κ3) is 3.86. The van der Waals surface area contributed by atoms with Crippen LogP contribution in [0.4, 0.5) is 8.78 Å². The topological polar surface area (TPSA) is 12.0 Å². The molecule has 0 amide bonds. The van der Waals surface area contributed by atoms with Crippen molar-refractivity contribution in [3.63, 3.8) is 0 Å². The average Bonchev–Trinajstić information content (AvgIpc) is 2.76. The molecule has 96 valence electrons. The van der Waals surface area contributed by atoms with E-state index in [4.69, 9.17) is 0 Å². The number of halogens is 3. The quantitative estimate of drug-likeness (QED) is 0.834. The van der Waals surface area contributed by atoms with Crippen LogP contribution in [-0.2, 0) is 13.1 Å². The lowest BCUT2D eigenvalue weighted by atomic mass is 10.1. The molecule has 0 unspecified atom stereocenters. The Labute approximate surface area is 117 Å². The zero-order chi connectivity index (χ0) is 13.0. The fraction of sp³-hybridized carbons (Fsp3) is 0.231. The smallest absolute Gasteiger partial charge is 0.263 e. The molecule has 0 saturated carbocycles. The van der Waals surface area contributed by atoms with E-state index < -0.39 is 6.43 Å². The van der Waals surface area contributed by atoms with Crippen LogP contribution in [0.5, 0.6) is 0 Å². The van der Waals surface area contributed by atoms with Gasteiger partial charge >= 0.3 is 0 Å². The Morgan fingerprint density at radius 3 is 2.44 bits per heavy atom. The van der Waals surface area contributed by atoms with Crippen LogP contribution in [0.25, 0.3) is 0 Å². The van der Waals surface area contributed by atoms with Gasteiger partial charge < -0.3 is 5.32 Å². The maximum absolute atomic E-state index is 12.4. The molecule has 1 N–H and O–H groups in total. The SMILES string of the molecule is FC(F)c1ccc(CNCc2cc(Br)cs2)cc1. The van der Waals surface area contributed by atoms with Gasteiger partial charge in [0.1, 0.15) is 0 Å². The van der Waals surface area contributed by atoms with Gasteiger partial charge in [-0.05, 0) is 27.6 Å². The van der Waals surface area contributed by atoms with Gasteiger partial charge in [-0.25, -0.2) is 8.78 Å². The van der Waals surface area contributed by atoms with Crippen LogP contribution in [0.2, 0.25) is 0 Å². The molecule has 5 heteroatoms. The minimum Gasteiger partial charge on any atom is -0.308 e. The first-order valence-corrected chi connectivity index (χ1v) is 7.13. The van der Waals surface area contributed by atoms with Gasteiger partial charge in [0.15, 0.2) is 0 Å². The summed E-state index contributed by atoms with van der Waals surface area (Å²) in [6, 6.07) is 8.49. The van der Waals surface area contributed by atoms with Crippen molar-refractivity contribution in [1.82, 2.24) is 5.32 Å². The molecule has 1 aromatic carbocycles. The minimum absolute atomic E-state index is 0.0703. The molecule has 0 spiro atoms. The van der Waals surface area contributed by atoms with E-state index in [-0.39, 0.29) is 5.56 Å². The van der Waals surface area contributed by atoms with Crippen molar-refractivity contribution in [3.05, 3.63) is 56.2 Å². The third-order valence-corrected chi connectivity index (χ3v) is 4.18. The molecule has 0 fully saturated rings. The van der Waals surface area contributed by atoms with E-state index in [0.29, 0.717) is 6.54 Å². The molecular weight excluding hydrogens is 320 g/mol. The van der Waals surface area contributed by atoms with E-state index in [1.165, 1.54) is 17.0 Å². The molecule has 1 nitrogen and oxygen atoms in total. The van der Waals surface area contributed by atoms with Crippen LogP contribution < -0.4 is 5.32 Å². The summed E-state index contributed by atoms with van der Waals surface area (Å²) in [5.74, 6) is 0. The monoisotopic (exact) mass is 331 g/mol. The normalized spacial score (nSPS) is 11.1. The Morgan fingerprint density at radius 1 is 1.17 bits per heavy atom. The standard InChI is InChI=1S/C13H12BrF2NS/c14-11-5-12(18-8-11)7-17-6-9-1-3-10(4-2-9)13(15)16/h1-5,8,13,17H,6-7H2. The van der Waals surface area contributed by atoms with Crippen LogP contribution in [0.15, 0.2) is 40.2 Å². The zero-order valence-corrected chi connectivity index (χ0v) is 11.9. The fourth-order valence-corrected chi connectivity index (χ4v) is 2.98. The molecule has 0 aliphatic carbocycles. The summed E-state index contributed by atoms with van der Waals surface area (Å²) in [6.07, 6.45) is -2.39. The Hall–Kier alpha value is -0.780. The van der Waals surface area contributed by atoms with Gasteiger partial charge in [-0.3, -0.25) is 0 Å². The maximum atomic E-state index is 12.4. The van der Waals surface area contributed by atoms with Crippen LogP contribution in [0.3, 0.4) is 0 Å². The number of hydrogen-bond acceptors (Lipinski definition) is 2. The summed E-state index contributed by atoms with van der Waals surface area (Å²) in [6.45, 7) is 1.46. The number of hydrogen-bond donors (Lipinski definition) is 1. The van der Waals surface area contributed by atoms with Crippen molar-refractivity contribution >= 4 is 27.3 Å². The van der Waals surface area contributed by atoms with Gasteiger partial charge in [0, 0.05) is 33.4 Å². The molecule has 18 heavy (non-hydrogen) atoms. The molecule has 1 heterocycles. The van der Waals surface area contributed by atoms with Crippen LogP contribution >= 0.6 is 27.3 Å². The van der Waals surface area contributed by atoms with Crippen molar-refractivity contribution < 1.29 is 8.78 Å². The summed E-state index contributed by atoms with van der Waals surface area (Å²) in [7, 11) is 0. The van der Waals surface area contributed by atoms with E-state index >= 15 is 0 Å². The molecule has 2 rings (SSSR count). The predicted molar refractivity (Wildman–Crippen MR) is 74.0 cm³/mol. The van der Waals surface area contributed by atoms with Gasteiger partial charge in [0.2, 0.25) is 0 Å². The Balaban J connectivity index is 1.83. The van der Waals surface area contributed by atoms with E-state index in [0.717, 1.165) is 16.6 Å². The lowest BCUT2D eigenvalue weighted by molar-refractivity contribution is 0.151. The van der Waals surface area contributed by atoms with E-state index in [1.54, 1.807) is 23.5 Å². The molecule has 2 aromatic rings. The van der Waals surface area contributed by atoms with Crippen molar-refractivity contribution in [2.75, 3.05) is 0 Å². The maximum Gasteiger partial charge on any atom is 0.263 e. The molecule has 0 aliphatic rings. The average molecular weight is 332 g/mol.